The minimum absolute atomic E-state index is 0.0941. The van der Waals surface area contributed by atoms with E-state index in [-0.39, 0.29) is 72.7 Å². The highest BCUT2D eigenvalue weighted by atomic mass is 16.6. The molecule has 4 heterocycles. The van der Waals surface area contributed by atoms with Crippen molar-refractivity contribution >= 4 is 53.3 Å². The van der Waals surface area contributed by atoms with E-state index in [0.29, 0.717) is 36.6 Å². The summed E-state index contributed by atoms with van der Waals surface area (Å²) in [6.07, 6.45) is 10.4. The standard InChI is InChI=1S/C30H44N4O5.C25H34N4O5/c1-6-7-8-18-33(21-14-12-20(13-15-21)32(5)29(38)39-30(2,3)4)24-11-9-10-22-23(24)19-34(28(22)37)25-16-17-26(35)31-27(25)36;1-25(2,3)34-24(33)28(4)16-11-9-15(10-12-16)26-21-17-7-5-6-8-18(17)23(32)29(21)19-13-14-20(30)27-22(19)31/h9-11,20-21,25H,6-8,12-19H2,1-5H3,(H,31,35,36);5-8,15-16,19,21,26H,9-14H2,1-4H3,(H,27,30,31). The van der Waals surface area contributed by atoms with E-state index < -0.39 is 35.4 Å². The van der Waals surface area contributed by atoms with Crippen molar-refractivity contribution < 1.29 is 47.8 Å². The Morgan fingerprint density at radius 1 is 0.644 bits per heavy atom. The minimum atomic E-state index is -0.690. The van der Waals surface area contributed by atoms with Crippen LogP contribution in [-0.2, 0) is 35.2 Å². The smallest absolute Gasteiger partial charge is 0.410 e. The molecule has 2 aromatic rings. The Morgan fingerprint density at radius 2 is 1.16 bits per heavy atom. The Hall–Kier alpha value is -6.04. The summed E-state index contributed by atoms with van der Waals surface area (Å²) in [5.74, 6) is -1.73. The first-order valence-corrected chi connectivity index (χ1v) is 26.5. The number of hydrogen-bond acceptors (Lipinski definition) is 12. The van der Waals surface area contributed by atoms with E-state index in [4.69, 9.17) is 9.47 Å². The van der Waals surface area contributed by atoms with Crippen LogP contribution in [0.5, 0.6) is 0 Å². The maximum absolute atomic E-state index is 13.4. The highest BCUT2D eigenvalue weighted by Crippen LogP contribution is 2.40. The number of unbranched alkanes of at least 4 members (excludes halogenated alkanes) is 2. The van der Waals surface area contributed by atoms with Crippen LogP contribution in [0.3, 0.4) is 0 Å². The number of hydrogen-bond donors (Lipinski definition) is 3. The van der Waals surface area contributed by atoms with Gasteiger partial charge in [0.15, 0.2) is 0 Å². The van der Waals surface area contributed by atoms with Crippen molar-refractivity contribution in [3.05, 3.63) is 64.7 Å². The SMILES string of the molecule is CCCCCN(c1cccc2c1CN(C1CCC(=O)NC1=O)C2=O)C1CCC(N(C)C(=O)OC(C)(C)C)CC1.CN(C(=O)OC(C)(C)C)C1CCC(NC2c3ccccc3C(=O)N2C2CCC(=O)NC2=O)CC1. The molecule has 2 saturated carbocycles. The van der Waals surface area contributed by atoms with Crippen LogP contribution in [-0.4, -0.2) is 135 Å². The van der Waals surface area contributed by atoms with Crippen molar-refractivity contribution in [1.29, 1.82) is 0 Å². The molecule has 8 rings (SSSR count). The third kappa shape index (κ3) is 13.0. The van der Waals surface area contributed by atoms with Gasteiger partial charge >= 0.3 is 12.2 Å². The molecule has 4 aliphatic heterocycles. The number of imide groups is 2. The van der Waals surface area contributed by atoms with Gasteiger partial charge in [-0.25, -0.2) is 9.59 Å². The Balaban J connectivity index is 0.000000216. The van der Waals surface area contributed by atoms with Gasteiger partial charge < -0.3 is 34.0 Å². The van der Waals surface area contributed by atoms with Crippen LogP contribution in [0.25, 0.3) is 0 Å². The fourth-order valence-corrected chi connectivity index (χ4v) is 11.2. The van der Waals surface area contributed by atoms with E-state index in [1.54, 1.807) is 32.7 Å². The topological polar surface area (TPSA) is 207 Å². The summed E-state index contributed by atoms with van der Waals surface area (Å²) in [7, 11) is 3.61. The quantitative estimate of drug-likeness (QED) is 0.141. The average Bonchev–Trinajstić information content (AvgIpc) is 3.81. The van der Waals surface area contributed by atoms with Crippen LogP contribution in [0.4, 0.5) is 15.3 Å². The number of rotatable bonds is 12. The van der Waals surface area contributed by atoms with E-state index in [1.165, 1.54) is 0 Å². The van der Waals surface area contributed by atoms with Crippen LogP contribution in [0.15, 0.2) is 42.5 Å². The number of anilines is 1. The van der Waals surface area contributed by atoms with Crippen molar-refractivity contribution in [3.8, 4) is 0 Å². The molecular weight excluding hydrogens is 933 g/mol. The van der Waals surface area contributed by atoms with E-state index in [0.717, 1.165) is 94.0 Å². The summed E-state index contributed by atoms with van der Waals surface area (Å²) in [6.45, 7) is 14.7. The largest absolute Gasteiger partial charge is 0.444 e. The number of nitrogens with one attached hydrogen (secondary N) is 3. The first-order chi connectivity index (χ1) is 34.5. The molecule has 3 unspecified atom stereocenters. The Bertz CT molecular complexity index is 2400. The van der Waals surface area contributed by atoms with Gasteiger partial charge in [0.05, 0.1) is 0 Å². The molecule has 0 spiro atoms. The van der Waals surface area contributed by atoms with E-state index >= 15 is 0 Å². The van der Waals surface area contributed by atoms with Crippen LogP contribution in [0.1, 0.15) is 183 Å². The number of amides is 8. The molecule has 0 aromatic heterocycles. The Morgan fingerprint density at radius 3 is 1.71 bits per heavy atom. The van der Waals surface area contributed by atoms with Crippen LogP contribution < -0.4 is 20.9 Å². The monoisotopic (exact) mass is 1010 g/mol. The lowest BCUT2D eigenvalue weighted by atomic mass is 9.88. The van der Waals surface area contributed by atoms with E-state index in [2.05, 4.69) is 33.8 Å². The van der Waals surface area contributed by atoms with Crippen LogP contribution in [0.2, 0.25) is 0 Å². The first kappa shape index (κ1) is 54.7. The second kappa shape index (κ2) is 23.0. The molecule has 18 nitrogen and oxygen atoms in total. The fraction of sp³-hybridized carbons (Fsp3) is 0.636. The van der Waals surface area contributed by atoms with Crippen molar-refractivity contribution in [2.75, 3.05) is 25.5 Å². The molecule has 4 fully saturated rings. The second-order valence-electron chi connectivity index (χ2n) is 22.6. The molecule has 6 aliphatic rings. The molecule has 8 amide bonds. The Kier molecular flexibility index (Phi) is 17.3. The summed E-state index contributed by atoms with van der Waals surface area (Å²) in [6, 6.07) is 12.7. The molecule has 0 radical (unpaired) electrons. The maximum atomic E-state index is 13.4. The third-order valence-electron chi connectivity index (χ3n) is 15.1. The van der Waals surface area contributed by atoms with Gasteiger partial charge in [-0.05, 0) is 130 Å². The molecule has 2 aromatic carbocycles. The highest BCUT2D eigenvalue weighted by molar-refractivity contribution is 6.07. The maximum Gasteiger partial charge on any atom is 0.410 e. The van der Waals surface area contributed by atoms with Crippen molar-refractivity contribution in [1.82, 2.24) is 35.6 Å². The number of carbonyl (C=O) groups excluding carboxylic acids is 8. The fourth-order valence-electron chi connectivity index (χ4n) is 11.2. The van der Waals surface area contributed by atoms with Gasteiger partial charge in [0, 0.05) is 92.1 Å². The number of ether oxygens (including phenoxy) is 2. The van der Waals surface area contributed by atoms with Gasteiger partial charge in [-0.15, -0.1) is 0 Å². The van der Waals surface area contributed by atoms with Gasteiger partial charge in [-0.3, -0.25) is 44.7 Å². The highest BCUT2D eigenvalue weighted by Gasteiger charge is 2.46. The van der Waals surface area contributed by atoms with E-state index in [1.807, 2.05) is 78.9 Å². The van der Waals surface area contributed by atoms with Gasteiger partial charge in [0.25, 0.3) is 11.8 Å². The van der Waals surface area contributed by atoms with Crippen LogP contribution in [0, 0.1) is 0 Å². The lowest BCUT2D eigenvalue weighted by Gasteiger charge is -2.41. The van der Waals surface area contributed by atoms with Crippen molar-refractivity contribution in [2.24, 2.45) is 0 Å². The zero-order valence-electron chi connectivity index (χ0n) is 44.4. The molecule has 18 heteroatoms. The van der Waals surface area contributed by atoms with Crippen molar-refractivity contribution in [3.63, 3.8) is 0 Å². The average molecular weight is 1010 g/mol. The number of nitrogens with zero attached hydrogens (tertiary/aromatic N) is 5. The van der Waals surface area contributed by atoms with Gasteiger partial charge in [-0.1, -0.05) is 44.0 Å². The number of carbonyl (C=O) groups is 8. The zero-order valence-corrected chi connectivity index (χ0v) is 44.4. The lowest BCUT2D eigenvalue weighted by molar-refractivity contribution is -0.138. The predicted octanol–water partition coefficient (Wildman–Crippen LogP) is 7.34. The van der Waals surface area contributed by atoms with Gasteiger partial charge in [-0.2, -0.15) is 0 Å². The first-order valence-electron chi connectivity index (χ1n) is 26.5. The Labute approximate surface area is 430 Å². The lowest BCUT2D eigenvalue weighted by Crippen LogP contribution is -2.56. The van der Waals surface area contributed by atoms with Gasteiger partial charge in [0.2, 0.25) is 23.6 Å². The summed E-state index contributed by atoms with van der Waals surface area (Å²) >= 11 is 0. The van der Waals surface area contributed by atoms with Crippen molar-refractivity contribution in [2.45, 2.75) is 205 Å². The molecule has 2 aliphatic carbocycles. The zero-order chi connectivity index (χ0) is 52.9. The molecule has 398 valence electrons. The molecule has 0 bridgehead atoms. The normalized spacial score (nSPS) is 25.2. The molecule has 73 heavy (non-hydrogen) atoms. The summed E-state index contributed by atoms with van der Waals surface area (Å²) in [5, 5.41) is 8.38. The number of benzene rings is 2. The van der Waals surface area contributed by atoms with Crippen LogP contribution >= 0.6 is 0 Å². The number of piperidine rings is 2. The van der Waals surface area contributed by atoms with Gasteiger partial charge in [0.1, 0.15) is 29.5 Å². The summed E-state index contributed by atoms with van der Waals surface area (Å²) in [4.78, 5) is 109. The predicted molar refractivity (Wildman–Crippen MR) is 274 cm³/mol. The summed E-state index contributed by atoms with van der Waals surface area (Å²) in [5.41, 5.74) is 3.06. The molecule has 3 N–H and O–H groups in total. The van der Waals surface area contributed by atoms with E-state index in [9.17, 15) is 38.4 Å². The molecular formula is C55H78N8O10. The third-order valence-corrected chi connectivity index (χ3v) is 15.1. The minimum Gasteiger partial charge on any atom is -0.444 e. The number of fused-ring (bicyclic) bond motifs is 2. The molecule has 3 atom stereocenters. The summed E-state index contributed by atoms with van der Waals surface area (Å²) < 4.78 is 11.1. The second-order valence-corrected chi connectivity index (χ2v) is 22.6. The molecule has 2 saturated heterocycles.